The Morgan fingerprint density at radius 3 is 1.19 bits per heavy atom. The summed E-state index contributed by atoms with van der Waals surface area (Å²) in [6.45, 7) is 13.5. The topological polar surface area (TPSA) is 0 Å². The van der Waals surface area contributed by atoms with Crippen molar-refractivity contribution in [2.75, 3.05) is 0 Å². The molecule has 0 nitrogen and oxygen atoms in total. The van der Waals surface area contributed by atoms with Crippen LogP contribution < -0.4 is 0 Å². The van der Waals surface area contributed by atoms with E-state index >= 15 is 0 Å². The molecule has 0 N–H and O–H groups in total. The fourth-order valence-electron chi connectivity index (χ4n) is 2.91. The van der Waals surface area contributed by atoms with Crippen molar-refractivity contribution in [1.29, 1.82) is 0 Å². The first kappa shape index (κ1) is 24.0. The highest BCUT2D eigenvalue weighted by atomic mass is 32.2. The molecule has 0 spiro atoms. The van der Waals surface area contributed by atoms with Crippen LogP contribution in [0.15, 0.2) is 70.5 Å². The maximum Gasteiger partial charge on any atom is 0.0276 e. The number of hydrogen-bond donors (Lipinski definition) is 0. The number of benzene rings is 2. The van der Waals surface area contributed by atoms with Crippen molar-refractivity contribution < 1.29 is 0 Å². The Kier molecular flexibility index (Phi) is 7.96. The molecule has 0 saturated carbocycles. The van der Waals surface area contributed by atoms with Gasteiger partial charge in [-0.3, -0.25) is 0 Å². The van der Waals surface area contributed by atoms with Gasteiger partial charge in [0.15, 0.2) is 0 Å². The summed E-state index contributed by atoms with van der Waals surface area (Å²) in [6, 6.07) is 22.0. The fraction of sp³-hybridized carbons (Fsp3) is 0.286. The predicted octanol–water partition coefficient (Wildman–Crippen LogP) is 9.87. The smallest absolute Gasteiger partial charge is 0.0276 e. The molecular weight excluding hydrogens is 433 g/mol. The van der Waals surface area contributed by atoms with Crippen LogP contribution in [-0.4, -0.2) is 9.49 Å². The van der Waals surface area contributed by atoms with Gasteiger partial charge in [0, 0.05) is 29.0 Å². The highest BCUT2D eigenvalue weighted by molar-refractivity contribution is 8.00. The highest BCUT2D eigenvalue weighted by Crippen LogP contribution is 2.33. The van der Waals surface area contributed by atoms with E-state index in [2.05, 4.69) is 127 Å². The van der Waals surface area contributed by atoms with Gasteiger partial charge in [-0.1, -0.05) is 78.0 Å². The maximum atomic E-state index is 2.25. The van der Waals surface area contributed by atoms with Crippen molar-refractivity contribution >= 4 is 59.2 Å². The summed E-state index contributed by atoms with van der Waals surface area (Å²) in [5.74, 6) is 0. The first-order chi connectivity index (χ1) is 14.6. The molecule has 0 unspecified atom stereocenters. The van der Waals surface area contributed by atoms with Crippen molar-refractivity contribution in [3.63, 3.8) is 0 Å². The zero-order valence-electron chi connectivity index (χ0n) is 19.3. The Morgan fingerprint density at radius 2 is 0.871 bits per heavy atom. The van der Waals surface area contributed by atoms with Gasteiger partial charge in [-0.25, -0.2) is 0 Å². The number of thioether (sulfide) groups is 2. The lowest BCUT2D eigenvalue weighted by molar-refractivity contribution is 0.802. The Hall–Kier alpha value is -1.68. The van der Waals surface area contributed by atoms with Crippen LogP contribution in [0.25, 0.3) is 24.3 Å². The maximum absolute atomic E-state index is 2.25. The third-order valence-corrected chi connectivity index (χ3v) is 7.39. The molecule has 0 atom stereocenters. The third-order valence-electron chi connectivity index (χ3n) is 4.14. The van der Waals surface area contributed by atoms with Crippen LogP contribution in [0, 0.1) is 0 Å². The molecule has 0 aliphatic heterocycles. The van der Waals surface area contributed by atoms with Gasteiger partial charge >= 0.3 is 0 Å². The van der Waals surface area contributed by atoms with E-state index in [1.165, 1.54) is 30.7 Å². The van der Waals surface area contributed by atoms with Gasteiger partial charge < -0.3 is 0 Å². The Balaban J connectivity index is 1.58. The molecule has 0 fully saturated rings. The first-order valence-corrected chi connectivity index (χ1v) is 13.0. The minimum Gasteiger partial charge on any atom is -0.137 e. The minimum atomic E-state index is 0.242. The van der Waals surface area contributed by atoms with E-state index in [1.54, 1.807) is 0 Å². The van der Waals surface area contributed by atoms with Gasteiger partial charge in [-0.15, -0.1) is 34.9 Å². The molecule has 0 aliphatic rings. The molecule has 3 heteroatoms. The van der Waals surface area contributed by atoms with Crippen molar-refractivity contribution in [2.24, 2.45) is 0 Å². The molecule has 1 heterocycles. The summed E-state index contributed by atoms with van der Waals surface area (Å²) in [5.41, 5.74) is 2.47. The molecule has 31 heavy (non-hydrogen) atoms. The van der Waals surface area contributed by atoms with E-state index in [-0.39, 0.29) is 9.49 Å². The SMILES string of the molecule is CC(C)(C)Sc1ccc(/C=C/c2ccc(/C=C/c3ccc(SC(C)(C)C)cc3)s2)cc1. The Labute approximate surface area is 200 Å². The summed E-state index contributed by atoms with van der Waals surface area (Å²) < 4.78 is 0.483. The molecule has 162 valence electrons. The summed E-state index contributed by atoms with van der Waals surface area (Å²) in [5, 5.41) is 0. The van der Waals surface area contributed by atoms with Crippen molar-refractivity contribution in [2.45, 2.75) is 60.8 Å². The second kappa shape index (κ2) is 10.3. The Morgan fingerprint density at radius 1 is 0.516 bits per heavy atom. The van der Waals surface area contributed by atoms with Crippen molar-refractivity contribution in [3.05, 3.63) is 81.5 Å². The predicted molar refractivity (Wildman–Crippen MR) is 146 cm³/mol. The standard InChI is InChI=1S/C28H32S3/c1-27(2,3)30-25-15-9-21(10-16-25)7-13-23-19-20-24(29-23)14-8-22-11-17-26(18-12-22)31-28(4,5)6/h7-20H,1-6H3/b13-7+,14-8+. The van der Waals surface area contributed by atoms with E-state index in [9.17, 15) is 0 Å². The molecule has 3 aromatic rings. The van der Waals surface area contributed by atoms with Crippen LogP contribution in [0.2, 0.25) is 0 Å². The number of thiophene rings is 1. The molecule has 0 radical (unpaired) electrons. The lowest BCUT2D eigenvalue weighted by atomic mass is 10.2. The zero-order valence-corrected chi connectivity index (χ0v) is 21.8. The lowest BCUT2D eigenvalue weighted by Crippen LogP contribution is -2.06. The quantitative estimate of drug-likeness (QED) is 0.333. The van der Waals surface area contributed by atoms with E-state index < -0.39 is 0 Å². The van der Waals surface area contributed by atoms with Crippen LogP contribution >= 0.6 is 34.9 Å². The average Bonchev–Trinajstić information content (AvgIpc) is 3.12. The van der Waals surface area contributed by atoms with Crippen molar-refractivity contribution in [3.8, 4) is 0 Å². The third kappa shape index (κ3) is 8.76. The van der Waals surface area contributed by atoms with Gasteiger partial charge in [-0.2, -0.15) is 0 Å². The molecule has 0 aliphatic carbocycles. The van der Waals surface area contributed by atoms with Crippen molar-refractivity contribution in [1.82, 2.24) is 0 Å². The Bertz CT molecular complexity index is 938. The molecule has 0 bridgehead atoms. The molecule has 3 rings (SSSR count). The van der Waals surface area contributed by atoms with Gasteiger partial charge in [0.1, 0.15) is 0 Å². The van der Waals surface area contributed by atoms with Crippen LogP contribution in [0.3, 0.4) is 0 Å². The normalized spacial score (nSPS) is 12.8. The van der Waals surface area contributed by atoms with E-state index in [4.69, 9.17) is 0 Å². The van der Waals surface area contributed by atoms with E-state index in [1.807, 2.05) is 34.9 Å². The van der Waals surface area contributed by atoms with Gasteiger partial charge in [0.25, 0.3) is 0 Å². The summed E-state index contributed by atoms with van der Waals surface area (Å²) in [7, 11) is 0. The fourth-order valence-corrected chi connectivity index (χ4v) is 5.68. The lowest BCUT2D eigenvalue weighted by Gasteiger charge is -2.17. The summed E-state index contributed by atoms with van der Waals surface area (Å²) in [6.07, 6.45) is 8.78. The average molecular weight is 465 g/mol. The molecule has 1 aromatic heterocycles. The van der Waals surface area contributed by atoms with Crippen LogP contribution in [0.1, 0.15) is 62.4 Å². The van der Waals surface area contributed by atoms with Gasteiger partial charge in [-0.05, 0) is 59.7 Å². The van der Waals surface area contributed by atoms with E-state index in [0.29, 0.717) is 0 Å². The summed E-state index contributed by atoms with van der Waals surface area (Å²) >= 11 is 5.62. The first-order valence-electron chi connectivity index (χ1n) is 10.6. The second-order valence-corrected chi connectivity index (χ2v) is 14.4. The molecule has 2 aromatic carbocycles. The van der Waals surface area contributed by atoms with Gasteiger partial charge in [0.2, 0.25) is 0 Å². The molecular formula is C28H32S3. The van der Waals surface area contributed by atoms with Crippen LogP contribution in [-0.2, 0) is 0 Å². The van der Waals surface area contributed by atoms with Crippen LogP contribution in [0.4, 0.5) is 0 Å². The zero-order chi connectivity index (χ0) is 22.5. The van der Waals surface area contributed by atoms with Gasteiger partial charge in [0.05, 0.1) is 0 Å². The minimum absolute atomic E-state index is 0.242. The molecule has 0 saturated heterocycles. The van der Waals surface area contributed by atoms with Crippen LogP contribution in [0.5, 0.6) is 0 Å². The second-order valence-electron chi connectivity index (χ2n) is 9.47. The van der Waals surface area contributed by atoms with E-state index in [0.717, 1.165) is 0 Å². The highest BCUT2D eigenvalue weighted by Gasteiger charge is 2.12. The summed E-state index contributed by atoms with van der Waals surface area (Å²) in [4.78, 5) is 5.17. The largest absolute Gasteiger partial charge is 0.137 e. The number of rotatable bonds is 6. The number of hydrogen-bond acceptors (Lipinski definition) is 3. The monoisotopic (exact) mass is 464 g/mol. The molecule has 0 amide bonds.